The number of rotatable bonds is 1. The molecular formula is C13H11F4N5O. The molecule has 6 nitrogen and oxygen atoms in total. The molecule has 0 aliphatic carbocycles. The summed E-state index contributed by atoms with van der Waals surface area (Å²) in [7, 11) is 0. The molecule has 1 aliphatic rings. The van der Waals surface area contributed by atoms with Gasteiger partial charge in [-0.2, -0.15) is 13.2 Å². The second-order valence-electron chi connectivity index (χ2n) is 4.95. The van der Waals surface area contributed by atoms with Crippen molar-refractivity contribution in [2.45, 2.75) is 19.3 Å². The van der Waals surface area contributed by atoms with Crippen molar-refractivity contribution in [1.82, 2.24) is 19.7 Å². The van der Waals surface area contributed by atoms with Crippen molar-refractivity contribution in [3.63, 3.8) is 0 Å². The van der Waals surface area contributed by atoms with Crippen LogP contribution in [0.5, 0.6) is 0 Å². The normalized spacial score (nSPS) is 14.5. The maximum absolute atomic E-state index is 12.8. The average molecular weight is 329 g/mol. The van der Waals surface area contributed by atoms with Gasteiger partial charge in [0.15, 0.2) is 5.82 Å². The monoisotopic (exact) mass is 329 g/mol. The molecule has 122 valence electrons. The second-order valence-corrected chi connectivity index (χ2v) is 4.95. The predicted octanol–water partition coefficient (Wildman–Crippen LogP) is 2.48. The van der Waals surface area contributed by atoms with Crippen molar-refractivity contribution in [1.29, 1.82) is 0 Å². The van der Waals surface area contributed by atoms with Gasteiger partial charge in [-0.05, 0) is 24.3 Å². The Morgan fingerprint density at radius 1 is 1.13 bits per heavy atom. The van der Waals surface area contributed by atoms with Crippen LogP contribution in [-0.4, -0.2) is 32.2 Å². The zero-order valence-electron chi connectivity index (χ0n) is 11.6. The molecule has 0 saturated carbocycles. The van der Waals surface area contributed by atoms with E-state index in [2.05, 4.69) is 15.5 Å². The van der Waals surface area contributed by atoms with Crippen LogP contribution in [0.4, 0.5) is 28.0 Å². The quantitative estimate of drug-likeness (QED) is 0.818. The third-order valence-electron chi connectivity index (χ3n) is 3.39. The molecule has 2 amide bonds. The van der Waals surface area contributed by atoms with E-state index in [1.54, 1.807) is 0 Å². The van der Waals surface area contributed by atoms with Gasteiger partial charge in [0, 0.05) is 18.8 Å². The van der Waals surface area contributed by atoms with Crippen LogP contribution < -0.4 is 5.32 Å². The Kier molecular flexibility index (Phi) is 3.66. The molecule has 0 fully saturated rings. The molecule has 0 unspecified atom stereocenters. The lowest BCUT2D eigenvalue weighted by atomic mass is 10.3. The van der Waals surface area contributed by atoms with E-state index in [0.29, 0.717) is 5.69 Å². The number of nitrogens with one attached hydrogen (secondary N) is 1. The molecule has 1 aliphatic heterocycles. The van der Waals surface area contributed by atoms with E-state index in [1.165, 1.54) is 29.2 Å². The summed E-state index contributed by atoms with van der Waals surface area (Å²) in [6.45, 7) is -0.0503. The van der Waals surface area contributed by atoms with Crippen LogP contribution in [0, 0.1) is 5.82 Å². The van der Waals surface area contributed by atoms with Gasteiger partial charge in [-0.15, -0.1) is 10.2 Å². The number of hydrogen-bond donors (Lipinski definition) is 1. The SMILES string of the molecule is O=C(Nc1ccc(F)cc1)N1CCn2c(nnc2C(F)(F)F)C1. The smallest absolute Gasteiger partial charge is 0.315 e. The van der Waals surface area contributed by atoms with Crippen molar-refractivity contribution in [3.8, 4) is 0 Å². The van der Waals surface area contributed by atoms with Crippen LogP contribution in [0.3, 0.4) is 0 Å². The zero-order valence-corrected chi connectivity index (χ0v) is 11.6. The third kappa shape index (κ3) is 3.10. The van der Waals surface area contributed by atoms with Gasteiger partial charge in [0.25, 0.3) is 0 Å². The van der Waals surface area contributed by atoms with Crippen molar-refractivity contribution in [2.24, 2.45) is 0 Å². The number of nitrogens with zero attached hydrogens (tertiary/aromatic N) is 4. The fourth-order valence-electron chi connectivity index (χ4n) is 2.28. The minimum Gasteiger partial charge on any atom is -0.315 e. The van der Waals surface area contributed by atoms with Crippen molar-refractivity contribution < 1.29 is 22.4 Å². The number of aromatic nitrogens is 3. The highest BCUT2D eigenvalue weighted by Crippen LogP contribution is 2.29. The van der Waals surface area contributed by atoms with E-state index in [4.69, 9.17) is 0 Å². The highest BCUT2D eigenvalue weighted by Gasteiger charge is 2.39. The Morgan fingerprint density at radius 2 is 1.83 bits per heavy atom. The lowest BCUT2D eigenvalue weighted by Crippen LogP contribution is -2.41. The molecule has 0 bridgehead atoms. The fraction of sp³-hybridized carbons (Fsp3) is 0.308. The number of hydrogen-bond acceptors (Lipinski definition) is 3. The van der Waals surface area contributed by atoms with E-state index in [1.807, 2.05) is 0 Å². The van der Waals surface area contributed by atoms with Crippen LogP contribution in [0.25, 0.3) is 0 Å². The molecule has 0 atom stereocenters. The van der Waals surface area contributed by atoms with E-state index in [-0.39, 0.29) is 25.5 Å². The molecule has 2 heterocycles. The standard InChI is InChI=1S/C13H11F4N5O/c14-8-1-3-9(4-2-8)18-12(23)21-5-6-22-10(7-21)19-20-11(22)13(15,16)17/h1-4H,5-7H2,(H,18,23). The van der Waals surface area contributed by atoms with E-state index in [9.17, 15) is 22.4 Å². The number of carbonyl (C=O) groups excluding carboxylic acids is 1. The van der Waals surface area contributed by atoms with Crippen LogP contribution >= 0.6 is 0 Å². The summed E-state index contributed by atoms with van der Waals surface area (Å²) in [5.41, 5.74) is 0.388. The summed E-state index contributed by atoms with van der Waals surface area (Å²) >= 11 is 0. The van der Waals surface area contributed by atoms with Gasteiger partial charge in [-0.3, -0.25) is 0 Å². The second kappa shape index (κ2) is 5.52. The molecular weight excluding hydrogens is 318 g/mol. The first-order valence-corrected chi connectivity index (χ1v) is 6.65. The molecule has 10 heteroatoms. The van der Waals surface area contributed by atoms with Gasteiger partial charge in [0.05, 0.1) is 6.54 Å². The van der Waals surface area contributed by atoms with Gasteiger partial charge in [-0.1, -0.05) is 0 Å². The van der Waals surface area contributed by atoms with Gasteiger partial charge in [0.1, 0.15) is 5.82 Å². The Labute approximate surface area is 127 Å². The van der Waals surface area contributed by atoms with Gasteiger partial charge in [-0.25, -0.2) is 9.18 Å². The third-order valence-corrected chi connectivity index (χ3v) is 3.39. The number of halogens is 4. The molecule has 0 saturated heterocycles. The summed E-state index contributed by atoms with van der Waals surface area (Å²) in [5.74, 6) is -1.43. The first-order chi connectivity index (χ1) is 10.8. The van der Waals surface area contributed by atoms with Gasteiger partial charge in [0.2, 0.25) is 5.82 Å². The predicted molar refractivity (Wildman–Crippen MR) is 70.9 cm³/mol. The number of benzene rings is 1. The molecule has 1 aromatic carbocycles. The fourth-order valence-corrected chi connectivity index (χ4v) is 2.28. The molecule has 0 spiro atoms. The number of alkyl halides is 3. The highest BCUT2D eigenvalue weighted by atomic mass is 19.4. The van der Waals surface area contributed by atoms with Gasteiger partial charge < -0.3 is 14.8 Å². The number of carbonyl (C=O) groups is 1. The van der Waals surface area contributed by atoms with E-state index < -0.39 is 23.8 Å². The molecule has 2 aromatic rings. The number of anilines is 1. The zero-order chi connectivity index (χ0) is 16.6. The van der Waals surface area contributed by atoms with Crippen LogP contribution in [0.2, 0.25) is 0 Å². The van der Waals surface area contributed by atoms with Crippen LogP contribution in [0.1, 0.15) is 11.6 Å². The van der Waals surface area contributed by atoms with Gasteiger partial charge >= 0.3 is 12.2 Å². The van der Waals surface area contributed by atoms with Crippen molar-refractivity contribution >= 4 is 11.7 Å². The van der Waals surface area contributed by atoms with Crippen molar-refractivity contribution in [3.05, 3.63) is 41.7 Å². The first kappa shape index (κ1) is 15.3. The van der Waals surface area contributed by atoms with E-state index in [0.717, 1.165) is 4.57 Å². The molecule has 1 N–H and O–H groups in total. The summed E-state index contributed by atoms with van der Waals surface area (Å²) in [4.78, 5) is 13.4. The maximum atomic E-state index is 12.8. The molecule has 23 heavy (non-hydrogen) atoms. The molecule has 0 radical (unpaired) electrons. The average Bonchev–Trinajstić information content (AvgIpc) is 2.92. The number of fused-ring (bicyclic) bond motifs is 1. The summed E-state index contributed by atoms with van der Waals surface area (Å²) in [5, 5.41) is 9.19. The number of amides is 2. The lowest BCUT2D eigenvalue weighted by Gasteiger charge is -2.28. The van der Waals surface area contributed by atoms with E-state index >= 15 is 0 Å². The minimum absolute atomic E-state index is 0.0476. The molecule has 1 aromatic heterocycles. The summed E-state index contributed by atoms with van der Waals surface area (Å²) < 4.78 is 52.0. The minimum atomic E-state index is -4.58. The van der Waals surface area contributed by atoms with Crippen LogP contribution in [-0.2, 0) is 19.3 Å². The molecule has 3 rings (SSSR count). The Bertz CT molecular complexity index is 725. The first-order valence-electron chi connectivity index (χ1n) is 6.65. The Morgan fingerprint density at radius 3 is 2.48 bits per heavy atom. The largest absolute Gasteiger partial charge is 0.451 e. The summed E-state index contributed by atoms with van der Waals surface area (Å²) in [6, 6.07) is 4.67. The topological polar surface area (TPSA) is 63.1 Å². The Balaban J connectivity index is 1.71. The highest BCUT2D eigenvalue weighted by molar-refractivity contribution is 5.89. The Hall–Kier alpha value is -2.65. The summed E-state index contributed by atoms with van der Waals surface area (Å²) in [6.07, 6.45) is -4.58. The maximum Gasteiger partial charge on any atom is 0.451 e. The lowest BCUT2D eigenvalue weighted by molar-refractivity contribution is -0.147. The van der Waals surface area contributed by atoms with Crippen LogP contribution in [0.15, 0.2) is 24.3 Å². The number of urea groups is 1. The van der Waals surface area contributed by atoms with Crippen molar-refractivity contribution in [2.75, 3.05) is 11.9 Å².